The highest BCUT2D eigenvalue weighted by atomic mass is 19.1. The Hall–Kier alpha value is -2.64. The highest BCUT2D eigenvalue weighted by molar-refractivity contribution is 5.79. The molecule has 0 amide bonds. The van der Waals surface area contributed by atoms with E-state index >= 15 is 0 Å². The molecular weight excluding hydrogens is 359 g/mol. The molecule has 2 N–H and O–H groups in total. The standard InChI is InChI=1S/C20H29FN6O/c1-15(28-17-8-6-7-16(21)13-17)14-24-20(22-2)23-11-10-19-26-25-18-9-4-3-5-12-27(18)19/h6-8,13,15H,3-5,9-12,14H2,1-2H3,(H2,22,23,24). The van der Waals surface area contributed by atoms with Crippen molar-refractivity contribution in [3.63, 3.8) is 0 Å². The Morgan fingerprint density at radius 1 is 1.29 bits per heavy atom. The third-order valence-electron chi connectivity index (χ3n) is 4.74. The number of hydrogen-bond donors (Lipinski definition) is 2. The fourth-order valence-corrected chi connectivity index (χ4v) is 3.30. The van der Waals surface area contributed by atoms with E-state index in [1.54, 1.807) is 19.2 Å². The largest absolute Gasteiger partial charge is 0.489 e. The van der Waals surface area contributed by atoms with Crippen molar-refractivity contribution in [2.45, 2.75) is 51.7 Å². The molecule has 2 heterocycles. The minimum absolute atomic E-state index is 0.132. The van der Waals surface area contributed by atoms with E-state index in [4.69, 9.17) is 4.74 Å². The number of ether oxygens (including phenoxy) is 1. The van der Waals surface area contributed by atoms with Gasteiger partial charge in [0, 0.05) is 39.0 Å². The van der Waals surface area contributed by atoms with Crippen LogP contribution in [-0.4, -0.2) is 47.0 Å². The monoisotopic (exact) mass is 388 g/mol. The summed E-state index contributed by atoms with van der Waals surface area (Å²) in [6, 6.07) is 6.16. The van der Waals surface area contributed by atoms with E-state index in [-0.39, 0.29) is 11.9 Å². The summed E-state index contributed by atoms with van der Waals surface area (Å²) >= 11 is 0. The van der Waals surface area contributed by atoms with Gasteiger partial charge in [0.1, 0.15) is 29.3 Å². The fourth-order valence-electron chi connectivity index (χ4n) is 3.30. The second kappa shape index (κ2) is 10.1. The highest BCUT2D eigenvalue weighted by Gasteiger charge is 2.14. The number of rotatable bonds is 7. The molecule has 3 rings (SSSR count). The molecule has 152 valence electrons. The molecule has 1 aliphatic rings. The molecular formula is C20H29FN6O. The Kier molecular flexibility index (Phi) is 7.22. The van der Waals surface area contributed by atoms with Crippen LogP contribution in [0.5, 0.6) is 5.75 Å². The Morgan fingerprint density at radius 3 is 3.00 bits per heavy atom. The summed E-state index contributed by atoms with van der Waals surface area (Å²) in [6.45, 7) is 4.21. The number of aromatic nitrogens is 3. The lowest BCUT2D eigenvalue weighted by molar-refractivity contribution is 0.223. The molecule has 7 nitrogen and oxygen atoms in total. The maximum Gasteiger partial charge on any atom is 0.191 e. The van der Waals surface area contributed by atoms with E-state index in [1.165, 1.54) is 31.4 Å². The van der Waals surface area contributed by atoms with Gasteiger partial charge in [-0.05, 0) is 31.9 Å². The number of fused-ring (bicyclic) bond motifs is 1. The van der Waals surface area contributed by atoms with Crippen molar-refractivity contribution in [2.24, 2.45) is 4.99 Å². The van der Waals surface area contributed by atoms with Crippen molar-refractivity contribution in [2.75, 3.05) is 20.1 Å². The van der Waals surface area contributed by atoms with Gasteiger partial charge in [-0.25, -0.2) is 4.39 Å². The lowest BCUT2D eigenvalue weighted by atomic mass is 10.2. The van der Waals surface area contributed by atoms with Gasteiger partial charge < -0.3 is 19.9 Å². The van der Waals surface area contributed by atoms with Gasteiger partial charge in [0.25, 0.3) is 0 Å². The van der Waals surface area contributed by atoms with E-state index in [0.29, 0.717) is 18.3 Å². The summed E-state index contributed by atoms with van der Waals surface area (Å²) in [5, 5.41) is 15.2. The summed E-state index contributed by atoms with van der Waals surface area (Å²) < 4.78 is 21.2. The molecule has 0 saturated carbocycles. The van der Waals surface area contributed by atoms with Gasteiger partial charge in [-0.3, -0.25) is 4.99 Å². The molecule has 0 spiro atoms. The maximum atomic E-state index is 13.2. The minimum Gasteiger partial charge on any atom is -0.489 e. The van der Waals surface area contributed by atoms with Gasteiger partial charge in [0.2, 0.25) is 0 Å². The molecule has 28 heavy (non-hydrogen) atoms. The summed E-state index contributed by atoms with van der Waals surface area (Å²) in [5.41, 5.74) is 0. The number of nitrogens with zero attached hydrogens (tertiary/aromatic N) is 4. The van der Waals surface area contributed by atoms with Crippen molar-refractivity contribution < 1.29 is 9.13 Å². The molecule has 0 radical (unpaired) electrons. The quantitative estimate of drug-likeness (QED) is 0.562. The second-order valence-electron chi connectivity index (χ2n) is 7.01. The molecule has 0 fully saturated rings. The molecule has 8 heteroatoms. The number of hydrogen-bond acceptors (Lipinski definition) is 4. The van der Waals surface area contributed by atoms with Crippen LogP contribution in [0.2, 0.25) is 0 Å². The zero-order chi connectivity index (χ0) is 19.8. The maximum absolute atomic E-state index is 13.2. The first-order valence-corrected chi connectivity index (χ1v) is 9.93. The van der Waals surface area contributed by atoms with Crippen molar-refractivity contribution in [3.8, 4) is 5.75 Å². The first-order chi connectivity index (χ1) is 13.7. The number of aryl methyl sites for hydroxylation is 1. The predicted octanol–water partition coefficient (Wildman–Crippen LogP) is 2.32. The average molecular weight is 388 g/mol. The van der Waals surface area contributed by atoms with Crippen LogP contribution in [-0.2, 0) is 19.4 Å². The van der Waals surface area contributed by atoms with Gasteiger partial charge >= 0.3 is 0 Å². The molecule has 1 aromatic carbocycles. The molecule has 0 saturated heterocycles. The number of aliphatic imine (C=N–C) groups is 1. The lowest BCUT2D eigenvalue weighted by Gasteiger charge is -2.18. The third-order valence-corrected chi connectivity index (χ3v) is 4.74. The van der Waals surface area contributed by atoms with E-state index in [1.807, 2.05) is 6.92 Å². The number of nitrogens with one attached hydrogen (secondary N) is 2. The van der Waals surface area contributed by atoms with Crippen molar-refractivity contribution in [1.29, 1.82) is 0 Å². The molecule has 0 aliphatic carbocycles. The highest BCUT2D eigenvalue weighted by Crippen LogP contribution is 2.15. The van der Waals surface area contributed by atoms with Crippen molar-refractivity contribution in [3.05, 3.63) is 41.7 Å². The zero-order valence-corrected chi connectivity index (χ0v) is 16.6. The van der Waals surface area contributed by atoms with E-state index in [0.717, 1.165) is 37.6 Å². The Bertz CT molecular complexity index is 791. The van der Waals surface area contributed by atoms with Gasteiger partial charge in [-0.1, -0.05) is 12.5 Å². The lowest BCUT2D eigenvalue weighted by Crippen LogP contribution is -2.42. The topological polar surface area (TPSA) is 76.4 Å². The van der Waals surface area contributed by atoms with Crippen LogP contribution < -0.4 is 15.4 Å². The van der Waals surface area contributed by atoms with Crippen molar-refractivity contribution >= 4 is 5.96 Å². The summed E-state index contributed by atoms with van der Waals surface area (Å²) in [4.78, 5) is 4.24. The fraction of sp³-hybridized carbons (Fsp3) is 0.550. The van der Waals surface area contributed by atoms with Crippen LogP contribution >= 0.6 is 0 Å². The normalized spacial score (nSPS) is 15.5. The van der Waals surface area contributed by atoms with Gasteiger partial charge in [-0.2, -0.15) is 0 Å². The van der Waals surface area contributed by atoms with E-state index in [2.05, 4.69) is 30.4 Å². The summed E-state index contributed by atoms with van der Waals surface area (Å²) in [6.07, 6.45) is 5.33. The SMILES string of the molecule is CN=C(NCCc1nnc2n1CCCCC2)NCC(C)Oc1cccc(F)c1. The van der Waals surface area contributed by atoms with E-state index < -0.39 is 0 Å². The molecule has 1 unspecified atom stereocenters. The molecule has 2 aromatic rings. The van der Waals surface area contributed by atoms with Crippen LogP contribution in [0.15, 0.2) is 29.3 Å². The van der Waals surface area contributed by atoms with Gasteiger partial charge in [-0.15, -0.1) is 10.2 Å². The smallest absolute Gasteiger partial charge is 0.191 e. The number of benzene rings is 1. The average Bonchev–Trinajstić information content (AvgIpc) is 2.91. The van der Waals surface area contributed by atoms with Gasteiger partial charge in [0.15, 0.2) is 5.96 Å². The molecule has 0 bridgehead atoms. The second-order valence-corrected chi connectivity index (χ2v) is 7.01. The van der Waals surface area contributed by atoms with Crippen LogP contribution in [0.1, 0.15) is 37.8 Å². The number of halogens is 1. The molecule has 1 atom stereocenters. The zero-order valence-electron chi connectivity index (χ0n) is 16.6. The van der Waals surface area contributed by atoms with Crippen LogP contribution in [0.4, 0.5) is 4.39 Å². The molecule has 1 aromatic heterocycles. The van der Waals surface area contributed by atoms with Crippen LogP contribution in [0.3, 0.4) is 0 Å². The minimum atomic E-state index is -0.304. The Labute approximate surface area is 165 Å². The summed E-state index contributed by atoms with van der Waals surface area (Å²) in [5.74, 6) is 3.05. The van der Waals surface area contributed by atoms with E-state index in [9.17, 15) is 4.39 Å². The third kappa shape index (κ3) is 5.68. The first-order valence-electron chi connectivity index (χ1n) is 9.93. The predicted molar refractivity (Wildman–Crippen MR) is 107 cm³/mol. The first kappa shape index (κ1) is 20.1. The van der Waals surface area contributed by atoms with Crippen molar-refractivity contribution in [1.82, 2.24) is 25.4 Å². The van der Waals surface area contributed by atoms with Gasteiger partial charge in [0.05, 0.1) is 6.54 Å². The summed E-state index contributed by atoms with van der Waals surface area (Å²) in [7, 11) is 1.73. The Morgan fingerprint density at radius 2 is 2.18 bits per heavy atom. The van der Waals surface area contributed by atoms with Crippen LogP contribution in [0, 0.1) is 5.82 Å². The Balaban J connectivity index is 1.42. The van der Waals surface area contributed by atoms with Crippen LogP contribution in [0.25, 0.3) is 0 Å². The number of guanidine groups is 1. The molecule has 1 aliphatic heterocycles.